The molecular formula is C28H26Cl2N4O3S. The number of hydrazone groups is 1. The van der Waals surface area contributed by atoms with Crippen LogP contribution in [0.15, 0.2) is 84.0 Å². The van der Waals surface area contributed by atoms with Gasteiger partial charge < -0.3 is 4.57 Å². The second-order valence-electron chi connectivity index (χ2n) is 8.78. The number of benzene rings is 3. The number of nitrogens with one attached hydrogen (secondary N) is 1. The fourth-order valence-corrected chi connectivity index (χ4v) is 5.21. The van der Waals surface area contributed by atoms with Gasteiger partial charge in [-0.05, 0) is 86.1 Å². The summed E-state index contributed by atoms with van der Waals surface area (Å²) in [5, 5.41) is 5.36. The van der Waals surface area contributed by atoms with E-state index in [-0.39, 0.29) is 6.54 Å². The van der Waals surface area contributed by atoms with Crippen LogP contribution >= 0.6 is 23.2 Å². The highest BCUT2D eigenvalue weighted by atomic mass is 35.5. The van der Waals surface area contributed by atoms with E-state index in [0.29, 0.717) is 21.3 Å². The van der Waals surface area contributed by atoms with Gasteiger partial charge in [0, 0.05) is 38.2 Å². The molecule has 0 saturated carbocycles. The van der Waals surface area contributed by atoms with Crippen LogP contribution in [0.3, 0.4) is 0 Å². The fraction of sp³-hybridized carbons (Fsp3) is 0.143. The molecule has 1 N–H and O–H groups in total. The summed E-state index contributed by atoms with van der Waals surface area (Å²) < 4.78 is 28.3. The second-order valence-corrected chi connectivity index (χ2v) is 11.6. The zero-order chi connectivity index (χ0) is 27.4. The zero-order valence-corrected chi connectivity index (χ0v) is 23.3. The van der Waals surface area contributed by atoms with Crippen LogP contribution in [-0.2, 0) is 16.6 Å². The molecule has 0 fully saturated rings. The van der Waals surface area contributed by atoms with Gasteiger partial charge in [-0.15, -0.1) is 0 Å². The first-order chi connectivity index (χ1) is 18.0. The van der Waals surface area contributed by atoms with Crippen LogP contribution in [0.5, 0.6) is 0 Å². The molecule has 38 heavy (non-hydrogen) atoms. The number of amides is 1. The number of anilines is 1. The first kappa shape index (κ1) is 27.4. The first-order valence-electron chi connectivity index (χ1n) is 11.6. The summed E-state index contributed by atoms with van der Waals surface area (Å²) in [6, 6.07) is 22.8. The molecule has 0 bridgehead atoms. The van der Waals surface area contributed by atoms with Crippen LogP contribution in [0.4, 0.5) is 5.69 Å². The maximum Gasteiger partial charge on any atom is 0.271 e. The molecule has 0 aliphatic rings. The standard InChI is InChI=1S/C28H26Cl2N4O3S/c1-19-16-23(20(2)34(19)27-14-10-25(30)11-15-27)17-31-32-28(35)22-6-12-26(13-7-22)33(38(3,36)37)18-21-4-8-24(29)9-5-21/h4-17H,18H2,1-3H3,(H,32,35)/b31-17+. The van der Waals surface area contributed by atoms with Crippen LogP contribution in [-0.4, -0.2) is 31.4 Å². The van der Waals surface area contributed by atoms with Crippen LogP contribution in [0.2, 0.25) is 10.0 Å². The third kappa shape index (κ3) is 6.45. The number of rotatable bonds is 8. The largest absolute Gasteiger partial charge is 0.318 e. The number of carbonyl (C=O) groups is 1. The molecule has 0 atom stereocenters. The Morgan fingerprint density at radius 2 is 1.53 bits per heavy atom. The summed E-state index contributed by atoms with van der Waals surface area (Å²) in [6.07, 6.45) is 2.74. The highest BCUT2D eigenvalue weighted by Crippen LogP contribution is 2.23. The Kier molecular flexibility index (Phi) is 8.26. The maximum absolute atomic E-state index is 12.7. The maximum atomic E-state index is 12.7. The molecule has 0 spiro atoms. The highest BCUT2D eigenvalue weighted by molar-refractivity contribution is 7.92. The number of carbonyl (C=O) groups excluding carboxylic acids is 1. The predicted molar refractivity (Wildman–Crippen MR) is 154 cm³/mol. The summed E-state index contributed by atoms with van der Waals surface area (Å²) in [5.41, 5.74) is 7.93. The Bertz CT molecular complexity index is 1580. The number of aromatic nitrogens is 1. The van der Waals surface area contributed by atoms with Crippen molar-refractivity contribution < 1.29 is 13.2 Å². The smallest absolute Gasteiger partial charge is 0.271 e. The van der Waals surface area contributed by atoms with E-state index < -0.39 is 15.9 Å². The summed E-state index contributed by atoms with van der Waals surface area (Å²) >= 11 is 11.9. The van der Waals surface area contributed by atoms with Crippen molar-refractivity contribution in [1.29, 1.82) is 0 Å². The monoisotopic (exact) mass is 568 g/mol. The van der Waals surface area contributed by atoms with Gasteiger partial charge in [0.25, 0.3) is 5.91 Å². The van der Waals surface area contributed by atoms with E-state index in [9.17, 15) is 13.2 Å². The van der Waals surface area contributed by atoms with E-state index in [1.807, 2.05) is 44.2 Å². The van der Waals surface area contributed by atoms with Crippen LogP contribution < -0.4 is 9.73 Å². The Morgan fingerprint density at radius 3 is 2.11 bits per heavy atom. The molecule has 196 valence electrons. The van der Waals surface area contributed by atoms with Gasteiger partial charge in [0.1, 0.15) is 0 Å². The van der Waals surface area contributed by atoms with Crippen LogP contribution in [0.1, 0.15) is 32.9 Å². The number of hydrogen-bond acceptors (Lipinski definition) is 4. The summed E-state index contributed by atoms with van der Waals surface area (Å²) in [6.45, 7) is 4.10. The Hall–Kier alpha value is -3.59. The molecule has 0 radical (unpaired) electrons. The first-order valence-corrected chi connectivity index (χ1v) is 14.2. The molecular weight excluding hydrogens is 543 g/mol. The number of halogens is 2. The van der Waals surface area contributed by atoms with Gasteiger partial charge in [-0.3, -0.25) is 9.10 Å². The topological polar surface area (TPSA) is 83.8 Å². The lowest BCUT2D eigenvalue weighted by atomic mass is 10.2. The van der Waals surface area contributed by atoms with Crippen molar-refractivity contribution in [2.75, 3.05) is 10.6 Å². The molecule has 4 aromatic rings. The van der Waals surface area contributed by atoms with Crippen molar-refractivity contribution in [3.8, 4) is 5.69 Å². The average Bonchev–Trinajstić information content (AvgIpc) is 3.16. The molecule has 1 amide bonds. The van der Waals surface area contributed by atoms with Crippen molar-refractivity contribution >= 4 is 51.0 Å². The molecule has 0 aliphatic carbocycles. The molecule has 4 rings (SSSR count). The molecule has 0 unspecified atom stereocenters. The molecule has 3 aromatic carbocycles. The lowest BCUT2D eigenvalue weighted by Crippen LogP contribution is -2.29. The Balaban J connectivity index is 1.46. The lowest BCUT2D eigenvalue weighted by Gasteiger charge is -2.22. The van der Waals surface area contributed by atoms with Gasteiger partial charge in [0.05, 0.1) is 24.7 Å². The summed E-state index contributed by atoms with van der Waals surface area (Å²) in [7, 11) is -3.56. The van der Waals surface area contributed by atoms with Crippen molar-refractivity contribution in [1.82, 2.24) is 9.99 Å². The second kappa shape index (κ2) is 11.4. The Labute approximate surface area is 232 Å². The average molecular weight is 570 g/mol. The normalized spacial score (nSPS) is 11.6. The molecule has 0 saturated heterocycles. The van der Waals surface area contributed by atoms with E-state index in [1.165, 1.54) is 4.31 Å². The lowest BCUT2D eigenvalue weighted by molar-refractivity contribution is 0.0955. The quantitative estimate of drug-likeness (QED) is 0.205. The van der Waals surface area contributed by atoms with E-state index in [1.54, 1.807) is 54.7 Å². The van der Waals surface area contributed by atoms with Crippen LogP contribution in [0.25, 0.3) is 5.69 Å². The number of aryl methyl sites for hydroxylation is 1. The summed E-state index contributed by atoms with van der Waals surface area (Å²) in [5.74, 6) is -0.414. The number of hydrogen-bond donors (Lipinski definition) is 1. The SMILES string of the molecule is Cc1cc(/C=N/NC(=O)c2ccc(N(Cc3ccc(Cl)cc3)S(C)(=O)=O)cc2)c(C)n1-c1ccc(Cl)cc1. The number of sulfonamides is 1. The predicted octanol–water partition coefficient (Wildman–Crippen LogP) is 6.13. The molecule has 7 nitrogen and oxygen atoms in total. The Morgan fingerprint density at radius 1 is 0.947 bits per heavy atom. The molecule has 10 heteroatoms. The minimum atomic E-state index is -3.56. The highest BCUT2D eigenvalue weighted by Gasteiger charge is 2.18. The van der Waals surface area contributed by atoms with Crippen molar-refractivity contribution in [2.45, 2.75) is 20.4 Å². The van der Waals surface area contributed by atoms with E-state index in [0.717, 1.165) is 34.5 Å². The molecule has 0 aliphatic heterocycles. The van der Waals surface area contributed by atoms with Gasteiger partial charge in [0.15, 0.2) is 0 Å². The third-order valence-corrected chi connectivity index (χ3v) is 7.63. The van der Waals surface area contributed by atoms with Crippen molar-refractivity contribution in [3.63, 3.8) is 0 Å². The minimum Gasteiger partial charge on any atom is -0.318 e. The number of nitrogens with zero attached hydrogens (tertiary/aromatic N) is 3. The van der Waals surface area contributed by atoms with Gasteiger partial charge in [-0.1, -0.05) is 35.3 Å². The van der Waals surface area contributed by atoms with Gasteiger partial charge in [0.2, 0.25) is 10.0 Å². The van der Waals surface area contributed by atoms with Crippen molar-refractivity contribution in [2.24, 2.45) is 5.10 Å². The van der Waals surface area contributed by atoms with Crippen LogP contribution in [0, 0.1) is 13.8 Å². The van der Waals surface area contributed by atoms with E-state index in [2.05, 4.69) is 15.1 Å². The molecule has 1 aromatic heterocycles. The zero-order valence-electron chi connectivity index (χ0n) is 21.0. The van der Waals surface area contributed by atoms with Gasteiger partial charge in [-0.25, -0.2) is 13.8 Å². The van der Waals surface area contributed by atoms with Crippen molar-refractivity contribution in [3.05, 3.63) is 117 Å². The minimum absolute atomic E-state index is 0.139. The fourth-order valence-electron chi connectivity index (χ4n) is 4.07. The van der Waals surface area contributed by atoms with Gasteiger partial charge >= 0.3 is 0 Å². The van der Waals surface area contributed by atoms with E-state index in [4.69, 9.17) is 23.2 Å². The third-order valence-electron chi connectivity index (χ3n) is 5.98. The summed E-state index contributed by atoms with van der Waals surface area (Å²) in [4.78, 5) is 12.7. The van der Waals surface area contributed by atoms with E-state index >= 15 is 0 Å². The van der Waals surface area contributed by atoms with Gasteiger partial charge in [-0.2, -0.15) is 5.10 Å². The molecule has 1 heterocycles.